The van der Waals surface area contributed by atoms with Crippen LogP contribution in [0.15, 0.2) is 24.3 Å². The van der Waals surface area contributed by atoms with Crippen molar-refractivity contribution in [3.8, 4) is 0 Å². The first-order chi connectivity index (χ1) is 10.5. The molecule has 1 fully saturated rings. The van der Waals surface area contributed by atoms with E-state index in [-0.39, 0.29) is 11.8 Å². The van der Waals surface area contributed by atoms with E-state index in [4.69, 9.17) is 0 Å². The lowest BCUT2D eigenvalue weighted by Crippen LogP contribution is -2.23. The average molecular weight is 303 g/mol. The highest BCUT2D eigenvalue weighted by Crippen LogP contribution is 2.16. The first kappa shape index (κ1) is 16.5. The Morgan fingerprint density at radius 1 is 1.27 bits per heavy atom. The monoisotopic (exact) mass is 303 g/mol. The van der Waals surface area contributed by atoms with Crippen LogP contribution in [0, 0.1) is 5.92 Å². The van der Waals surface area contributed by atoms with Crippen molar-refractivity contribution in [2.45, 2.75) is 25.7 Å². The molecular formula is C17H25N3O2. The second-order valence-electron chi connectivity index (χ2n) is 6.11. The zero-order valence-electron chi connectivity index (χ0n) is 13.4. The molecule has 1 atom stereocenters. The first-order valence-electron chi connectivity index (χ1n) is 7.84. The van der Waals surface area contributed by atoms with Crippen molar-refractivity contribution < 1.29 is 9.59 Å². The molecule has 0 spiro atoms. The standard InChI is InChI=1S/C17H25N3O2/c1-20(2)17(22)11-13-3-6-15(7-4-13)19-16(21)8-5-14-9-10-18-12-14/h3-4,6-7,14,18H,5,8-12H2,1-2H3,(H,19,21). The van der Waals surface area contributed by atoms with Crippen LogP contribution in [-0.4, -0.2) is 43.9 Å². The zero-order chi connectivity index (χ0) is 15.9. The van der Waals surface area contributed by atoms with Gasteiger partial charge in [0.2, 0.25) is 11.8 Å². The van der Waals surface area contributed by atoms with Gasteiger partial charge < -0.3 is 15.5 Å². The van der Waals surface area contributed by atoms with E-state index < -0.39 is 0 Å². The quantitative estimate of drug-likeness (QED) is 0.840. The Balaban J connectivity index is 1.77. The van der Waals surface area contributed by atoms with E-state index in [2.05, 4.69) is 10.6 Å². The summed E-state index contributed by atoms with van der Waals surface area (Å²) in [6.07, 6.45) is 3.05. The van der Waals surface area contributed by atoms with Crippen molar-refractivity contribution in [1.29, 1.82) is 0 Å². The maximum atomic E-state index is 11.9. The van der Waals surface area contributed by atoms with Crippen molar-refractivity contribution in [3.63, 3.8) is 0 Å². The van der Waals surface area contributed by atoms with Gasteiger partial charge in [0.05, 0.1) is 6.42 Å². The number of benzene rings is 1. The summed E-state index contributed by atoms with van der Waals surface area (Å²) in [5.74, 6) is 0.760. The molecule has 22 heavy (non-hydrogen) atoms. The fraction of sp³-hybridized carbons (Fsp3) is 0.529. The van der Waals surface area contributed by atoms with Crippen molar-refractivity contribution in [3.05, 3.63) is 29.8 Å². The van der Waals surface area contributed by atoms with Gasteiger partial charge in [-0.2, -0.15) is 0 Å². The topological polar surface area (TPSA) is 61.4 Å². The van der Waals surface area contributed by atoms with E-state index in [0.29, 0.717) is 18.8 Å². The van der Waals surface area contributed by atoms with Crippen LogP contribution in [-0.2, 0) is 16.0 Å². The Labute approximate surface area is 132 Å². The number of hydrogen-bond donors (Lipinski definition) is 2. The van der Waals surface area contributed by atoms with Gasteiger partial charge >= 0.3 is 0 Å². The highest BCUT2D eigenvalue weighted by molar-refractivity contribution is 5.90. The average Bonchev–Trinajstić information content (AvgIpc) is 3.00. The molecule has 2 rings (SSSR count). The molecular weight excluding hydrogens is 278 g/mol. The van der Waals surface area contributed by atoms with Crippen molar-refractivity contribution in [2.75, 3.05) is 32.5 Å². The van der Waals surface area contributed by atoms with Gasteiger partial charge in [0.1, 0.15) is 0 Å². The van der Waals surface area contributed by atoms with Crippen LogP contribution in [0.4, 0.5) is 5.69 Å². The molecule has 5 nitrogen and oxygen atoms in total. The minimum atomic E-state index is 0.0593. The van der Waals surface area contributed by atoms with E-state index in [0.717, 1.165) is 30.8 Å². The van der Waals surface area contributed by atoms with E-state index in [9.17, 15) is 9.59 Å². The Morgan fingerprint density at radius 2 is 2.00 bits per heavy atom. The number of likely N-dealkylation sites (N-methyl/N-ethyl adjacent to an activating group) is 1. The lowest BCUT2D eigenvalue weighted by atomic mass is 10.0. The van der Waals surface area contributed by atoms with Gasteiger partial charge in [-0.3, -0.25) is 9.59 Å². The van der Waals surface area contributed by atoms with Gasteiger partial charge in [0.25, 0.3) is 0 Å². The van der Waals surface area contributed by atoms with Gasteiger partial charge in [-0.15, -0.1) is 0 Å². The lowest BCUT2D eigenvalue weighted by molar-refractivity contribution is -0.128. The van der Waals surface area contributed by atoms with Gasteiger partial charge in [-0.1, -0.05) is 12.1 Å². The number of nitrogens with zero attached hydrogens (tertiary/aromatic N) is 1. The van der Waals surface area contributed by atoms with Crippen molar-refractivity contribution in [2.24, 2.45) is 5.92 Å². The number of nitrogens with one attached hydrogen (secondary N) is 2. The molecule has 120 valence electrons. The summed E-state index contributed by atoms with van der Waals surface area (Å²) in [4.78, 5) is 25.1. The summed E-state index contributed by atoms with van der Waals surface area (Å²) < 4.78 is 0. The number of carbonyl (C=O) groups excluding carboxylic acids is 2. The van der Waals surface area contributed by atoms with Crippen LogP contribution in [0.2, 0.25) is 0 Å². The number of rotatable bonds is 6. The SMILES string of the molecule is CN(C)C(=O)Cc1ccc(NC(=O)CCC2CCNC2)cc1. The van der Waals surface area contributed by atoms with Crippen molar-refractivity contribution >= 4 is 17.5 Å². The summed E-state index contributed by atoms with van der Waals surface area (Å²) in [7, 11) is 3.49. The van der Waals surface area contributed by atoms with Crippen LogP contribution >= 0.6 is 0 Å². The van der Waals surface area contributed by atoms with Gasteiger partial charge in [-0.05, 0) is 49.5 Å². The van der Waals surface area contributed by atoms with Crippen LogP contribution in [0.1, 0.15) is 24.8 Å². The van der Waals surface area contributed by atoms with E-state index >= 15 is 0 Å². The van der Waals surface area contributed by atoms with E-state index in [1.165, 1.54) is 6.42 Å². The molecule has 1 saturated heterocycles. The molecule has 0 radical (unpaired) electrons. The minimum absolute atomic E-state index is 0.0593. The number of anilines is 1. The molecule has 5 heteroatoms. The molecule has 1 unspecified atom stereocenters. The summed E-state index contributed by atoms with van der Waals surface area (Å²) in [5.41, 5.74) is 1.74. The number of hydrogen-bond acceptors (Lipinski definition) is 3. The second-order valence-corrected chi connectivity index (χ2v) is 6.11. The molecule has 2 N–H and O–H groups in total. The third-order valence-electron chi connectivity index (χ3n) is 4.03. The number of carbonyl (C=O) groups is 2. The van der Waals surface area contributed by atoms with Gasteiger partial charge in [0.15, 0.2) is 0 Å². The second kappa shape index (κ2) is 7.94. The molecule has 1 heterocycles. The predicted octanol–water partition coefficient (Wildman–Crippen LogP) is 1.65. The Bertz CT molecular complexity index is 505. The molecule has 2 amide bonds. The Morgan fingerprint density at radius 3 is 2.59 bits per heavy atom. The third kappa shape index (κ3) is 5.15. The molecule has 0 bridgehead atoms. The van der Waals surface area contributed by atoms with Crippen LogP contribution in [0.5, 0.6) is 0 Å². The summed E-state index contributed by atoms with van der Waals surface area (Å²) in [5, 5.41) is 6.23. The highest BCUT2D eigenvalue weighted by Gasteiger charge is 2.15. The molecule has 0 aliphatic carbocycles. The Hall–Kier alpha value is -1.88. The maximum absolute atomic E-state index is 11.9. The summed E-state index contributed by atoms with van der Waals surface area (Å²) >= 11 is 0. The molecule has 1 aromatic carbocycles. The summed E-state index contributed by atoms with van der Waals surface area (Å²) in [6.45, 7) is 2.10. The van der Waals surface area contributed by atoms with Gasteiger partial charge in [-0.25, -0.2) is 0 Å². The lowest BCUT2D eigenvalue weighted by Gasteiger charge is -2.11. The fourth-order valence-corrected chi connectivity index (χ4v) is 2.56. The molecule has 0 aromatic heterocycles. The van der Waals surface area contributed by atoms with Crippen LogP contribution in [0.3, 0.4) is 0 Å². The van der Waals surface area contributed by atoms with Gasteiger partial charge in [0, 0.05) is 26.2 Å². The van der Waals surface area contributed by atoms with Crippen LogP contribution in [0.25, 0.3) is 0 Å². The smallest absolute Gasteiger partial charge is 0.226 e. The molecule has 0 saturated carbocycles. The highest BCUT2D eigenvalue weighted by atomic mass is 16.2. The summed E-state index contributed by atoms with van der Waals surface area (Å²) in [6, 6.07) is 7.48. The fourth-order valence-electron chi connectivity index (χ4n) is 2.56. The number of amides is 2. The zero-order valence-corrected chi connectivity index (χ0v) is 13.4. The minimum Gasteiger partial charge on any atom is -0.349 e. The largest absolute Gasteiger partial charge is 0.349 e. The van der Waals surface area contributed by atoms with E-state index in [1.54, 1.807) is 19.0 Å². The normalized spacial score (nSPS) is 17.3. The maximum Gasteiger partial charge on any atom is 0.226 e. The third-order valence-corrected chi connectivity index (χ3v) is 4.03. The van der Waals surface area contributed by atoms with E-state index in [1.807, 2.05) is 24.3 Å². The molecule has 1 aliphatic rings. The Kier molecular flexibility index (Phi) is 5.95. The molecule has 1 aliphatic heterocycles. The predicted molar refractivity (Wildman–Crippen MR) is 87.7 cm³/mol. The molecule has 1 aromatic rings. The van der Waals surface area contributed by atoms with Crippen molar-refractivity contribution in [1.82, 2.24) is 10.2 Å². The van der Waals surface area contributed by atoms with Crippen LogP contribution < -0.4 is 10.6 Å². The first-order valence-corrected chi connectivity index (χ1v) is 7.84.